The summed E-state index contributed by atoms with van der Waals surface area (Å²) in [7, 11) is 3.70. The summed E-state index contributed by atoms with van der Waals surface area (Å²) in [5.74, 6) is 2.76. The van der Waals surface area contributed by atoms with Crippen LogP contribution < -0.4 is 10.1 Å². The molecule has 146 valence electrons. The van der Waals surface area contributed by atoms with Gasteiger partial charge in [-0.25, -0.2) is 0 Å². The van der Waals surface area contributed by atoms with Gasteiger partial charge in [-0.05, 0) is 30.5 Å². The summed E-state index contributed by atoms with van der Waals surface area (Å²) < 4.78 is 7.38. The van der Waals surface area contributed by atoms with Gasteiger partial charge >= 0.3 is 0 Å². The molecule has 1 aliphatic rings. The molecule has 0 bridgehead atoms. The maximum absolute atomic E-state index is 5.50. The number of aryl methyl sites for hydroxylation is 1. The Morgan fingerprint density at radius 1 is 1.41 bits per heavy atom. The average Bonchev–Trinajstić information content (AvgIpc) is 3.34. The van der Waals surface area contributed by atoms with Crippen molar-refractivity contribution in [1.82, 2.24) is 20.0 Å². The molecular formula is C21H31N5O. The number of aliphatic imine (C=N–C) groups is 1. The van der Waals surface area contributed by atoms with Gasteiger partial charge in [-0.2, -0.15) is 5.10 Å². The molecule has 2 atom stereocenters. The molecule has 27 heavy (non-hydrogen) atoms. The van der Waals surface area contributed by atoms with Crippen LogP contribution in [0.2, 0.25) is 0 Å². The molecule has 0 amide bonds. The molecule has 0 radical (unpaired) electrons. The number of likely N-dealkylation sites (tertiary alicyclic amines) is 1. The number of nitrogens with zero attached hydrogens (tertiary/aromatic N) is 4. The lowest BCUT2D eigenvalue weighted by Crippen LogP contribution is -2.40. The van der Waals surface area contributed by atoms with E-state index in [0.717, 1.165) is 44.3 Å². The lowest BCUT2D eigenvalue weighted by molar-refractivity contribution is 0.406. The van der Waals surface area contributed by atoms with E-state index in [2.05, 4.69) is 47.5 Å². The number of ether oxygens (including phenoxy) is 1. The number of nitrogens with one attached hydrogen (secondary N) is 1. The second kappa shape index (κ2) is 8.93. The zero-order chi connectivity index (χ0) is 19.2. The highest BCUT2D eigenvalue weighted by Gasteiger charge is 2.27. The Kier molecular flexibility index (Phi) is 6.37. The zero-order valence-corrected chi connectivity index (χ0v) is 16.9. The van der Waals surface area contributed by atoms with Gasteiger partial charge in [0.05, 0.1) is 13.3 Å². The van der Waals surface area contributed by atoms with E-state index >= 15 is 0 Å². The van der Waals surface area contributed by atoms with Gasteiger partial charge < -0.3 is 15.0 Å². The summed E-state index contributed by atoms with van der Waals surface area (Å²) in [6.07, 6.45) is 5.25. The summed E-state index contributed by atoms with van der Waals surface area (Å²) >= 11 is 0. The Hall–Kier alpha value is -2.50. The third-order valence-corrected chi connectivity index (χ3v) is 5.20. The third-order valence-electron chi connectivity index (χ3n) is 5.20. The van der Waals surface area contributed by atoms with Crippen LogP contribution in [-0.2, 0) is 7.05 Å². The van der Waals surface area contributed by atoms with Gasteiger partial charge in [0, 0.05) is 51.3 Å². The summed E-state index contributed by atoms with van der Waals surface area (Å²) in [6, 6.07) is 8.20. The van der Waals surface area contributed by atoms with Crippen LogP contribution in [0.3, 0.4) is 0 Å². The zero-order valence-electron chi connectivity index (χ0n) is 16.9. The molecule has 2 heterocycles. The Bertz CT molecular complexity index is 769. The first-order valence-electron chi connectivity index (χ1n) is 9.77. The van der Waals surface area contributed by atoms with Crippen molar-refractivity contribution in [2.75, 3.05) is 33.3 Å². The van der Waals surface area contributed by atoms with Gasteiger partial charge in [0.2, 0.25) is 0 Å². The highest BCUT2D eigenvalue weighted by atomic mass is 16.5. The Morgan fingerprint density at radius 3 is 2.93 bits per heavy atom. The Balaban J connectivity index is 1.68. The molecule has 6 heteroatoms. The van der Waals surface area contributed by atoms with Crippen LogP contribution in [0.1, 0.15) is 43.2 Å². The summed E-state index contributed by atoms with van der Waals surface area (Å²) in [5, 5.41) is 7.78. The van der Waals surface area contributed by atoms with Crippen molar-refractivity contribution in [2.45, 2.75) is 32.1 Å². The number of guanidine groups is 1. The van der Waals surface area contributed by atoms with Gasteiger partial charge in [0.1, 0.15) is 5.75 Å². The van der Waals surface area contributed by atoms with Crippen LogP contribution >= 0.6 is 0 Å². The minimum atomic E-state index is 0.298. The number of para-hydroxylation sites is 1. The highest BCUT2D eigenvalue weighted by Crippen LogP contribution is 2.28. The fourth-order valence-corrected chi connectivity index (χ4v) is 3.70. The molecule has 0 aliphatic carbocycles. The Labute approximate surface area is 162 Å². The van der Waals surface area contributed by atoms with Crippen molar-refractivity contribution in [1.29, 1.82) is 0 Å². The fraction of sp³-hybridized carbons (Fsp3) is 0.524. The average molecular weight is 370 g/mol. The van der Waals surface area contributed by atoms with Crippen LogP contribution in [0.15, 0.2) is 41.7 Å². The van der Waals surface area contributed by atoms with E-state index in [-0.39, 0.29) is 0 Å². The smallest absolute Gasteiger partial charge is 0.193 e. The van der Waals surface area contributed by atoms with E-state index in [0.29, 0.717) is 11.8 Å². The maximum Gasteiger partial charge on any atom is 0.193 e. The van der Waals surface area contributed by atoms with Gasteiger partial charge in [-0.3, -0.25) is 9.67 Å². The maximum atomic E-state index is 5.50. The molecule has 1 saturated heterocycles. The topological polar surface area (TPSA) is 54.7 Å². The predicted octanol–water partition coefficient (Wildman–Crippen LogP) is 2.99. The van der Waals surface area contributed by atoms with Crippen molar-refractivity contribution in [2.24, 2.45) is 12.0 Å². The largest absolute Gasteiger partial charge is 0.496 e. The van der Waals surface area contributed by atoms with Crippen molar-refractivity contribution in [3.8, 4) is 5.75 Å². The second-order valence-corrected chi connectivity index (χ2v) is 7.22. The number of methoxy groups -OCH3 is 1. The molecule has 2 unspecified atom stereocenters. The predicted molar refractivity (Wildman–Crippen MR) is 110 cm³/mol. The molecule has 1 aromatic heterocycles. The molecule has 0 saturated carbocycles. The molecule has 3 rings (SSSR count). The number of hydrogen-bond acceptors (Lipinski definition) is 3. The van der Waals surface area contributed by atoms with Crippen molar-refractivity contribution >= 4 is 5.96 Å². The van der Waals surface area contributed by atoms with Gasteiger partial charge in [0.25, 0.3) is 0 Å². The second-order valence-electron chi connectivity index (χ2n) is 7.22. The number of aromatic nitrogens is 2. The quantitative estimate of drug-likeness (QED) is 0.628. The molecule has 0 spiro atoms. The monoisotopic (exact) mass is 369 g/mol. The van der Waals surface area contributed by atoms with Crippen molar-refractivity contribution in [3.05, 3.63) is 47.8 Å². The van der Waals surface area contributed by atoms with Crippen LogP contribution in [-0.4, -0.2) is 53.9 Å². The lowest BCUT2D eigenvalue weighted by atomic mass is 10.0. The molecule has 1 N–H and O–H groups in total. The van der Waals surface area contributed by atoms with Gasteiger partial charge in [-0.1, -0.05) is 25.1 Å². The van der Waals surface area contributed by atoms with Crippen molar-refractivity contribution in [3.63, 3.8) is 0 Å². The normalized spacial score (nSPS) is 18.6. The van der Waals surface area contributed by atoms with Crippen LogP contribution in [0, 0.1) is 0 Å². The molecule has 1 aromatic carbocycles. The van der Waals surface area contributed by atoms with Gasteiger partial charge in [0.15, 0.2) is 5.96 Å². The van der Waals surface area contributed by atoms with Gasteiger partial charge in [-0.15, -0.1) is 0 Å². The van der Waals surface area contributed by atoms with E-state index in [1.807, 2.05) is 30.1 Å². The molecule has 2 aromatic rings. The van der Waals surface area contributed by atoms with Crippen molar-refractivity contribution < 1.29 is 4.74 Å². The standard InChI is InChI=1S/C21H31N5O/c1-5-22-21(23-12-16(2)19-8-6-7-9-20(19)27-4)26-11-10-17(15-26)18-13-24-25(3)14-18/h6-9,13-14,16-17H,5,10-12,15H2,1-4H3,(H,22,23). The van der Waals surface area contributed by atoms with Crippen LogP contribution in [0.5, 0.6) is 5.75 Å². The first-order chi connectivity index (χ1) is 13.1. The first-order valence-corrected chi connectivity index (χ1v) is 9.77. The van der Waals surface area contributed by atoms with E-state index in [4.69, 9.17) is 9.73 Å². The highest BCUT2D eigenvalue weighted by molar-refractivity contribution is 5.80. The first kappa shape index (κ1) is 19.3. The van der Waals surface area contributed by atoms with E-state index in [1.54, 1.807) is 7.11 Å². The fourth-order valence-electron chi connectivity index (χ4n) is 3.70. The number of hydrogen-bond donors (Lipinski definition) is 1. The molecule has 1 fully saturated rings. The molecular weight excluding hydrogens is 338 g/mol. The lowest BCUT2D eigenvalue weighted by Gasteiger charge is -2.22. The third kappa shape index (κ3) is 4.62. The minimum absolute atomic E-state index is 0.298. The molecule has 6 nitrogen and oxygen atoms in total. The number of benzene rings is 1. The Morgan fingerprint density at radius 2 is 2.22 bits per heavy atom. The van der Waals surface area contributed by atoms with E-state index < -0.39 is 0 Å². The van der Waals surface area contributed by atoms with E-state index in [9.17, 15) is 0 Å². The summed E-state index contributed by atoms with van der Waals surface area (Å²) in [4.78, 5) is 7.31. The summed E-state index contributed by atoms with van der Waals surface area (Å²) in [6.45, 7) is 7.93. The number of rotatable bonds is 6. The van der Waals surface area contributed by atoms with E-state index in [1.165, 1.54) is 11.1 Å². The SMILES string of the molecule is CCNC(=NCC(C)c1ccccc1OC)N1CCC(c2cnn(C)c2)C1. The molecule has 1 aliphatic heterocycles. The minimum Gasteiger partial charge on any atom is -0.496 e. The summed E-state index contributed by atoms with van der Waals surface area (Å²) in [5.41, 5.74) is 2.52. The van der Waals surface area contributed by atoms with Crippen LogP contribution in [0.25, 0.3) is 0 Å². The van der Waals surface area contributed by atoms with Crippen LogP contribution in [0.4, 0.5) is 0 Å².